The molecule has 4 rings (SSSR count). The SMILES string of the molecule is Cc1ccc2c(c1Cl)c(N1CCOCC1)c(C(=O)O)n2-c1cccc(F)c1. The average molecular weight is 389 g/mol. The number of carbonyl (C=O) groups is 1. The Morgan fingerprint density at radius 3 is 2.63 bits per heavy atom. The lowest BCUT2D eigenvalue weighted by Gasteiger charge is -2.29. The molecule has 0 spiro atoms. The van der Waals surface area contributed by atoms with Crippen molar-refractivity contribution in [2.24, 2.45) is 0 Å². The van der Waals surface area contributed by atoms with E-state index in [2.05, 4.69) is 0 Å². The van der Waals surface area contributed by atoms with E-state index >= 15 is 0 Å². The molecule has 0 bridgehead atoms. The van der Waals surface area contributed by atoms with Crippen LogP contribution in [0.25, 0.3) is 16.6 Å². The van der Waals surface area contributed by atoms with E-state index in [-0.39, 0.29) is 5.69 Å². The van der Waals surface area contributed by atoms with Gasteiger partial charge in [0.05, 0.1) is 29.4 Å². The number of nitrogens with zero attached hydrogens (tertiary/aromatic N) is 2. The lowest BCUT2D eigenvalue weighted by Crippen LogP contribution is -2.37. The van der Waals surface area contributed by atoms with E-state index in [0.717, 1.165) is 5.56 Å². The largest absolute Gasteiger partial charge is 0.476 e. The summed E-state index contributed by atoms with van der Waals surface area (Å²) in [5, 5.41) is 11.2. The Bertz CT molecular complexity index is 1040. The van der Waals surface area contributed by atoms with E-state index in [1.807, 2.05) is 24.0 Å². The van der Waals surface area contributed by atoms with Crippen LogP contribution in [0.5, 0.6) is 0 Å². The Hall–Kier alpha value is -2.57. The normalized spacial score (nSPS) is 14.7. The van der Waals surface area contributed by atoms with Gasteiger partial charge in [-0.05, 0) is 36.8 Å². The summed E-state index contributed by atoms with van der Waals surface area (Å²) in [6.45, 7) is 4.02. The first-order valence-corrected chi connectivity index (χ1v) is 9.02. The minimum atomic E-state index is -1.09. The third-order valence-electron chi connectivity index (χ3n) is 4.83. The highest BCUT2D eigenvalue weighted by atomic mass is 35.5. The van der Waals surface area contributed by atoms with Gasteiger partial charge in [-0.25, -0.2) is 9.18 Å². The molecular weight excluding hydrogens is 371 g/mol. The minimum absolute atomic E-state index is 0.0741. The molecule has 2 aromatic carbocycles. The maximum Gasteiger partial charge on any atom is 0.355 e. The molecule has 140 valence electrons. The highest BCUT2D eigenvalue weighted by Crippen LogP contribution is 2.42. The van der Waals surface area contributed by atoms with Gasteiger partial charge in [-0.2, -0.15) is 0 Å². The third-order valence-corrected chi connectivity index (χ3v) is 5.32. The predicted octanol–water partition coefficient (Wildman–Crippen LogP) is 4.27. The molecule has 0 unspecified atom stereocenters. The molecule has 1 aliphatic heterocycles. The molecule has 1 N–H and O–H groups in total. The van der Waals surface area contributed by atoms with Gasteiger partial charge in [-0.15, -0.1) is 0 Å². The second-order valence-electron chi connectivity index (χ2n) is 6.51. The molecule has 0 atom stereocenters. The zero-order valence-electron chi connectivity index (χ0n) is 14.7. The Morgan fingerprint density at radius 1 is 1.22 bits per heavy atom. The molecule has 5 nitrogen and oxygen atoms in total. The van der Waals surface area contributed by atoms with Crippen LogP contribution < -0.4 is 4.90 Å². The van der Waals surface area contributed by atoms with Crippen LogP contribution in [0.4, 0.5) is 10.1 Å². The van der Waals surface area contributed by atoms with Gasteiger partial charge in [-0.3, -0.25) is 0 Å². The first-order valence-electron chi connectivity index (χ1n) is 8.64. The lowest BCUT2D eigenvalue weighted by atomic mass is 10.1. The minimum Gasteiger partial charge on any atom is -0.476 e. The van der Waals surface area contributed by atoms with Gasteiger partial charge in [0.1, 0.15) is 5.82 Å². The van der Waals surface area contributed by atoms with Crippen molar-refractivity contribution in [3.05, 3.63) is 58.5 Å². The van der Waals surface area contributed by atoms with E-state index in [1.54, 1.807) is 16.7 Å². The first-order chi connectivity index (χ1) is 13.0. The van der Waals surface area contributed by atoms with Crippen molar-refractivity contribution in [3.8, 4) is 5.69 Å². The van der Waals surface area contributed by atoms with E-state index in [9.17, 15) is 14.3 Å². The van der Waals surface area contributed by atoms with Crippen molar-refractivity contribution in [2.45, 2.75) is 6.92 Å². The highest BCUT2D eigenvalue weighted by molar-refractivity contribution is 6.38. The zero-order valence-corrected chi connectivity index (χ0v) is 15.5. The van der Waals surface area contributed by atoms with Crippen LogP contribution in [0.1, 0.15) is 16.1 Å². The van der Waals surface area contributed by atoms with Gasteiger partial charge in [0.2, 0.25) is 0 Å². The molecule has 7 heteroatoms. The van der Waals surface area contributed by atoms with Crippen LogP contribution in [-0.4, -0.2) is 41.9 Å². The van der Waals surface area contributed by atoms with Gasteiger partial charge in [0, 0.05) is 24.2 Å². The number of rotatable bonds is 3. The Morgan fingerprint density at radius 2 is 1.96 bits per heavy atom. The molecule has 0 amide bonds. The number of anilines is 1. The number of carboxylic acid groups (broad SMARTS) is 1. The van der Waals surface area contributed by atoms with E-state index in [4.69, 9.17) is 16.3 Å². The van der Waals surface area contributed by atoms with Crippen LogP contribution in [0.3, 0.4) is 0 Å². The molecule has 3 aromatic rings. The number of aromatic nitrogens is 1. The van der Waals surface area contributed by atoms with E-state index in [1.165, 1.54) is 12.1 Å². The molecule has 1 aliphatic rings. The number of aryl methyl sites for hydroxylation is 1. The summed E-state index contributed by atoms with van der Waals surface area (Å²) in [6, 6.07) is 9.57. The second-order valence-corrected chi connectivity index (χ2v) is 6.89. The summed E-state index contributed by atoms with van der Waals surface area (Å²) in [4.78, 5) is 14.3. The van der Waals surface area contributed by atoms with Gasteiger partial charge in [0.15, 0.2) is 5.69 Å². The van der Waals surface area contributed by atoms with Crippen LogP contribution >= 0.6 is 11.6 Å². The maximum atomic E-state index is 13.9. The number of hydrogen-bond donors (Lipinski definition) is 1. The van der Waals surface area contributed by atoms with Crippen LogP contribution in [0, 0.1) is 12.7 Å². The van der Waals surface area contributed by atoms with Crippen LogP contribution in [0.2, 0.25) is 5.02 Å². The molecule has 2 heterocycles. The van der Waals surface area contributed by atoms with Gasteiger partial charge < -0.3 is 19.3 Å². The van der Waals surface area contributed by atoms with Crippen molar-refractivity contribution in [3.63, 3.8) is 0 Å². The molecule has 0 aliphatic carbocycles. The van der Waals surface area contributed by atoms with Crippen LogP contribution in [-0.2, 0) is 4.74 Å². The Labute approximate surface area is 160 Å². The molecular formula is C20H18ClFN2O3. The van der Waals surface area contributed by atoms with Gasteiger partial charge >= 0.3 is 5.97 Å². The highest BCUT2D eigenvalue weighted by Gasteiger charge is 2.30. The van der Waals surface area contributed by atoms with Gasteiger partial charge in [-0.1, -0.05) is 23.7 Å². The number of halogens is 2. The fourth-order valence-electron chi connectivity index (χ4n) is 3.60. The number of benzene rings is 2. The van der Waals surface area contributed by atoms with Crippen LogP contribution in [0.15, 0.2) is 36.4 Å². The first kappa shape index (κ1) is 17.8. The number of ether oxygens (including phenoxy) is 1. The van der Waals surface area contributed by atoms with Crippen molar-refractivity contribution < 1.29 is 19.0 Å². The number of hydrogen-bond acceptors (Lipinski definition) is 3. The fraction of sp³-hybridized carbons (Fsp3) is 0.250. The van der Waals surface area contributed by atoms with E-state index < -0.39 is 11.8 Å². The molecule has 0 radical (unpaired) electrons. The predicted molar refractivity (Wildman–Crippen MR) is 103 cm³/mol. The van der Waals surface area contributed by atoms with Crippen molar-refractivity contribution in [1.29, 1.82) is 0 Å². The topological polar surface area (TPSA) is 54.7 Å². The summed E-state index contributed by atoms with van der Waals surface area (Å²) < 4.78 is 20.9. The number of aromatic carboxylic acids is 1. The lowest BCUT2D eigenvalue weighted by molar-refractivity contribution is 0.0688. The second kappa shape index (κ2) is 6.87. The summed E-state index contributed by atoms with van der Waals surface area (Å²) in [7, 11) is 0. The average Bonchev–Trinajstić information content (AvgIpc) is 3.01. The van der Waals surface area contributed by atoms with Gasteiger partial charge in [0.25, 0.3) is 0 Å². The number of fused-ring (bicyclic) bond motifs is 1. The Balaban J connectivity index is 2.12. The van der Waals surface area contributed by atoms with Crippen molar-refractivity contribution in [1.82, 2.24) is 4.57 Å². The molecule has 1 aromatic heterocycles. The summed E-state index contributed by atoms with van der Waals surface area (Å²) in [5.74, 6) is -1.53. The standard InChI is InChI=1S/C20H18ClFN2O3/c1-12-5-6-15-16(17(12)21)18(23-7-9-27-10-8-23)19(20(25)26)24(15)14-4-2-3-13(22)11-14/h2-6,11H,7-10H2,1H3,(H,25,26). The monoisotopic (exact) mass is 388 g/mol. The zero-order chi connectivity index (χ0) is 19.1. The summed E-state index contributed by atoms with van der Waals surface area (Å²) in [6.07, 6.45) is 0. The number of carboxylic acids is 1. The maximum absolute atomic E-state index is 13.9. The quantitative estimate of drug-likeness (QED) is 0.728. The fourth-order valence-corrected chi connectivity index (χ4v) is 3.85. The van der Waals surface area contributed by atoms with Crippen molar-refractivity contribution in [2.75, 3.05) is 31.2 Å². The Kier molecular flexibility index (Phi) is 4.53. The molecule has 1 fully saturated rings. The molecule has 1 saturated heterocycles. The third kappa shape index (κ3) is 2.95. The smallest absolute Gasteiger partial charge is 0.355 e. The van der Waals surface area contributed by atoms with E-state index in [0.29, 0.717) is 53.6 Å². The molecule has 0 saturated carbocycles. The van der Waals surface area contributed by atoms with Crippen molar-refractivity contribution >= 4 is 34.2 Å². The summed E-state index contributed by atoms with van der Waals surface area (Å²) >= 11 is 6.62. The molecule has 27 heavy (non-hydrogen) atoms. The summed E-state index contributed by atoms with van der Waals surface area (Å²) in [5.41, 5.74) is 2.56. The number of morpholine rings is 1.